The summed E-state index contributed by atoms with van der Waals surface area (Å²) in [4.78, 5) is 4.34. The van der Waals surface area contributed by atoms with Gasteiger partial charge < -0.3 is 10.5 Å². The van der Waals surface area contributed by atoms with Crippen LogP contribution in [0.5, 0.6) is 5.75 Å². The van der Waals surface area contributed by atoms with Crippen LogP contribution in [0.1, 0.15) is 0 Å². The number of anilines is 1. The Morgan fingerprint density at radius 2 is 2.16 bits per heavy atom. The van der Waals surface area contributed by atoms with Crippen molar-refractivity contribution < 1.29 is 4.74 Å². The Morgan fingerprint density at radius 1 is 1.32 bits per heavy atom. The number of ether oxygens (including phenoxy) is 1. The Morgan fingerprint density at radius 3 is 2.84 bits per heavy atom. The zero-order valence-corrected chi connectivity index (χ0v) is 10.9. The molecule has 3 aromatic rings. The van der Waals surface area contributed by atoms with E-state index in [1.54, 1.807) is 24.2 Å². The third kappa shape index (κ3) is 1.98. The lowest BCUT2D eigenvalue weighted by molar-refractivity contribution is 0.415. The molecule has 1 aromatic carbocycles. The van der Waals surface area contributed by atoms with E-state index in [-0.39, 0.29) is 5.82 Å². The quantitative estimate of drug-likeness (QED) is 0.780. The molecule has 0 fully saturated rings. The monoisotopic (exact) mass is 274 g/mol. The summed E-state index contributed by atoms with van der Waals surface area (Å²) in [7, 11) is 1.62. The molecule has 0 amide bonds. The number of nitrogen functional groups attached to an aromatic ring is 1. The molecule has 3 rings (SSSR count). The largest absolute Gasteiger partial charge is 0.497 e. The minimum Gasteiger partial charge on any atom is -0.497 e. The highest BCUT2D eigenvalue weighted by Gasteiger charge is 2.10. The summed E-state index contributed by atoms with van der Waals surface area (Å²) in [6.07, 6.45) is 3.36. The molecular formula is C13H11ClN4O. The predicted molar refractivity (Wildman–Crippen MR) is 74.8 cm³/mol. The van der Waals surface area contributed by atoms with E-state index in [1.165, 1.54) is 0 Å². The normalized spacial score (nSPS) is 10.8. The Labute approximate surface area is 114 Å². The van der Waals surface area contributed by atoms with Crippen molar-refractivity contribution in [3.8, 4) is 11.6 Å². The summed E-state index contributed by atoms with van der Waals surface area (Å²) in [6.45, 7) is 0. The van der Waals surface area contributed by atoms with Gasteiger partial charge in [0.25, 0.3) is 0 Å². The van der Waals surface area contributed by atoms with Gasteiger partial charge in [-0.3, -0.25) is 0 Å². The van der Waals surface area contributed by atoms with Gasteiger partial charge in [-0.05, 0) is 23.6 Å². The van der Waals surface area contributed by atoms with E-state index in [9.17, 15) is 0 Å². The SMILES string of the molecule is COc1ccc2ccnc(-n3cc(Cl)c(N)n3)c2c1. The Balaban J connectivity index is 2.27. The van der Waals surface area contributed by atoms with Crippen molar-refractivity contribution in [1.82, 2.24) is 14.8 Å². The fraction of sp³-hybridized carbons (Fsp3) is 0.0769. The van der Waals surface area contributed by atoms with Crippen LogP contribution in [0.4, 0.5) is 5.82 Å². The summed E-state index contributed by atoms with van der Waals surface area (Å²) in [5.41, 5.74) is 5.66. The summed E-state index contributed by atoms with van der Waals surface area (Å²) in [6, 6.07) is 7.69. The van der Waals surface area contributed by atoms with Crippen LogP contribution in [0.25, 0.3) is 16.6 Å². The molecule has 0 saturated carbocycles. The third-order valence-electron chi connectivity index (χ3n) is 2.87. The molecule has 0 aliphatic rings. The van der Waals surface area contributed by atoms with E-state index in [0.717, 1.165) is 16.5 Å². The topological polar surface area (TPSA) is 66.0 Å². The van der Waals surface area contributed by atoms with E-state index in [2.05, 4.69) is 10.1 Å². The van der Waals surface area contributed by atoms with Gasteiger partial charge in [-0.25, -0.2) is 9.67 Å². The zero-order chi connectivity index (χ0) is 13.4. The fourth-order valence-corrected chi connectivity index (χ4v) is 2.05. The van der Waals surface area contributed by atoms with Crippen molar-refractivity contribution in [1.29, 1.82) is 0 Å². The summed E-state index contributed by atoms with van der Waals surface area (Å²) >= 11 is 5.93. The van der Waals surface area contributed by atoms with Gasteiger partial charge in [-0.2, -0.15) is 0 Å². The van der Waals surface area contributed by atoms with Crippen molar-refractivity contribution in [2.24, 2.45) is 0 Å². The molecule has 19 heavy (non-hydrogen) atoms. The highest BCUT2D eigenvalue weighted by Crippen LogP contribution is 2.26. The number of pyridine rings is 1. The number of fused-ring (bicyclic) bond motifs is 1. The summed E-state index contributed by atoms with van der Waals surface area (Å²) in [5, 5.41) is 6.51. The lowest BCUT2D eigenvalue weighted by Crippen LogP contribution is -2.00. The number of rotatable bonds is 2. The van der Waals surface area contributed by atoms with Crippen molar-refractivity contribution in [3.05, 3.63) is 41.7 Å². The molecule has 2 N–H and O–H groups in total. The maximum absolute atomic E-state index is 5.93. The lowest BCUT2D eigenvalue weighted by Gasteiger charge is -2.07. The van der Waals surface area contributed by atoms with Crippen LogP contribution in [0, 0.1) is 0 Å². The molecule has 0 radical (unpaired) electrons. The molecule has 0 unspecified atom stereocenters. The summed E-state index contributed by atoms with van der Waals surface area (Å²) in [5.74, 6) is 1.70. The molecule has 5 nitrogen and oxygen atoms in total. The van der Waals surface area contributed by atoms with Crippen LogP contribution in [-0.4, -0.2) is 21.9 Å². The van der Waals surface area contributed by atoms with Crippen LogP contribution < -0.4 is 10.5 Å². The second-order valence-corrected chi connectivity index (χ2v) is 4.44. The van der Waals surface area contributed by atoms with Gasteiger partial charge in [0, 0.05) is 11.6 Å². The average Bonchev–Trinajstić information content (AvgIpc) is 2.77. The lowest BCUT2D eigenvalue weighted by atomic mass is 10.1. The molecule has 0 aliphatic carbocycles. The number of nitrogens with zero attached hydrogens (tertiary/aromatic N) is 3. The average molecular weight is 275 g/mol. The second kappa shape index (κ2) is 4.44. The van der Waals surface area contributed by atoms with Crippen LogP contribution in [0.3, 0.4) is 0 Å². The molecule has 0 saturated heterocycles. The Bertz CT molecular complexity index is 734. The molecule has 0 atom stereocenters. The van der Waals surface area contributed by atoms with E-state index < -0.39 is 0 Å². The van der Waals surface area contributed by atoms with E-state index >= 15 is 0 Å². The fourth-order valence-electron chi connectivity index (χ4n) is 1.92. The van der Waals surface area contributed by atoms with Gasteiger partial charge in [-0.15, -0.1) is 5.10 Å². The molecule has 0 bridgehead atoms. The minimum atomic E-state index is 0.281. The Kier molecular flexibility index (Phi) is 2.76. The highest BCUT2D eigenvalue weighted by molar-refractivity contribution is 6.32. The van der Waals surface area contributed by atoms with Gasteiger partial charge in [0.05, 0.1) is 13.3 Å². The van der Waals surface area contributed by atoms with Crippen LogP contribution in [-0.2, 0) is 0 Å². The molecule has 0 aliphatic heterocycles. The van der Waals surface area contributed by atoms with Crippen molar-refractivity contribution in [3.63, 3.8) is 0 Å². The Hall–Kier alpha value is -2.27. The number of hydrogen-bond donors (Lipinski definition) is 1. The molecule has 2 aromatic heterocycles. The molecule has 0 spiro atoms. The minimum absolute atomic E-state index is 0.281. The van der Waals surface area contributed by atoms with Crippen LogP contribution in [0.2, 0.25) is 5.02 Å². The first kappa shape index (κ1) is 11.8. The maximum atomic E-state index is 5.93. The van der Waals surface area contributed by atoms with Crippen LogP contribution in [0.15, 0.2) is 36.7 Å². The van der Waals surface area contributed by atoms with E-state index in [0.29, 0.717) is 10.8 Å². The third-order valence-corrected chi connectivity index (χ3v) is 3.16. The maximum Gasteiger partial charge on any atom is 0.164 e. The number of aromatic nitrogens is 3. The number of methoxy groups -OCH3 is 1. The van der Waals surface area contributed by atoms with Crippen molar-refractivity contribution in [2.75, 3.05) is 12.8 Å². The first-order valence-electron chi connectivity index (χ1n) is 5.63. The van der Waals surface area contributed by atoms with Gasteiger partial charge in [0.1, 0.15) is 10.8 Å². The van der Waals surface area contributed by atoms with E-state index in [1.807, 2.05) is 24.3 Å². The van der Waals surface area contributed by atoms with Crippen molar-refractivity contribution >= 4 is 28.2 Å². The first-order valence-corrected chi connectivity index (χ1v) is 6.00. The molecule has 96 valence electrons. The molecular weight excluding hydrogens is 264 g/mol. The highest BCUT2D eigenvalue weighted by atomic mass is 35.5. The predicted octanol–water partition coefficient (Wildman–Crippen LogP) is 2.66. The first-order chi connectivity index (χ1) is 9.19. The van der Waals surface area contributed by atoms with Gasteiger partial charge >= 0.3 is 0 Å². The van der Waals surface area contributed by atoms with Gasteiger partial charge in [0.2, 0.25) is 0 Å². The summed E-state index contributed by atoms with van der Waals surface area (Å²) < 4.78 is 6.80. The van der Waals surface area contributed by atoms with E-state index in [4.69, 9.17) is 22.1 Å². The smallest absolute Gasteiger partial charge is 0.164 e. The number of halogens is 1. The number of benzene rings is 1. The number of hydrogen-bond acceptors (Lipinski definition) is 4. The van der Waals surface area contributed by atoms with Gasteiger partial charge in [0.15, 0.2) is 11.6 Å². The second-order valence-electron chi connectivity index (χ2n) is 4.03. The standard InChI is InChI=1S/C13H11ClN4O/c1-19-9-3-2-8-4-5-16-13(10(8)6-9)18-7-11(14)12(15)17-18/h2-7H,1H3,(H2,15,17). The zero-order valence-electron chi connectivity index (χ0n) is 10.2. The molecule has 2 heterocycles. The van der Waals surface area contributed by atoms with Gasteiger partial charge in [-0.1, -0.05) is 17.7 Å². The molecule has 6 heteroatoms. The van der Waals surface area contributed by atoms with Crippen LogP contribution >= 0.6 is 11.6 Å². The van der Waals surface area contributed by atoms with Crippen molar-refractivity contribution in [2.45, 2.75) is 0 Å². The number of nitrogens with two attached hydrogens (primary N) is 1.